The molecule has 0 aliphatic rings. The summed E-state index contributed by atoms with van der Waals surface area (Å²) in [7, 11) is 0. The lowest BCUT2D eigenvalue weighted by Gasteiger charge is -2.08. The van der Waals surface area contributed by atoms with Crippen LogP contribution in [0.2, 0.25) is 0 Å². The first-order chi connectivity index (χ1) is 12.2. The highest BCUT2D eigenvalue weighted by molar-refractivity contribution is 5.83. The number of carbonyl (C=O) groups is 1. The summed E-state index contributed by atoms with van der Waals surface area (Å²) in [5.41, 5.74) is 1.86. The van der Waals surface area contributed by atoms with Gasteiger partial charge in [-0.25, -0.2) is 0 Å². The van der Waals surface area contributed by atoms with E-state index in [4.69, 9.17) is 4.74 Å². The summed E-state index contributed by atoms with van der Waals surface area (Å²) >= 11 is 0. The lowest BCUT2D eigenvalue weighted by atomic mass is 10.1. The van der Waals surface area contributed by atoms with Gasteiger partial charge < -0.3 is 4.74 Å². The van der Waals surface area contributed by atoms with Crippen molar-refractivity contribution in [1.82, 2.24) is 0 Å². The molecule has 0 aliphatic carbocycles. The molecule has 3 aromatic carbocycles. The molecular weight excluding hydrogens is 308 g/mol. The molecule has 0 N–H and O–H groups in total. The molecule has 0 amide bonds. The first kappa shape index (κ1) is 16.8. The third kappa shape index (κ3) is 4.28. The molecule has 25 heavy (non-hydrogen) atoms. The SMILES string of the molecule is CCC(C)C(=O)Oc1ccc(C#Cc2ccc3ccccc3c2)cc1. The number of esters is 1. The van der Waals surface area contributed by atoms with Gasteiger partial charge in [0, 0.05) is 11.1 Å². The van der Waals surface area contributed by atoms with Crippen molar-refractivity contribution in [1.29, 1.82) is 0 Å². The van der Waals surface area contributed by atoms with E-state index in [1.807, 2.05) is 44.2 Å². The minimum atomic E-state index is -0.197. The van der Waals surface area contributed by atoms with Gasteiger partial charge in [-0.3, -0.25) is 4.79 Å². The quantitative estimate of drug-likeness (QED) is 0.376. The molecule has 2 nitrogen and oxygen atoms in total. The van der Waals surface area contributed by atoms with Gasteiger partial charge in [-0.15, -0.1) is 0 Å². The van der Waals surface area contributed by atoms with Crippen molar-refractivity contribution in [2.75, 3.05) is 0 Å². The Balaban J connectivity index is 1.73. The molecule has 2 heteroatoms. The Hall–Kier alpha value is -3.05. The normalized spacial score (nSPS) is 11.4. The number of benzene rings is 3. The molecule has 0 aromatic heterocycles. The molecule has 0 aliphatic heterocycles. The van der Waals surface area contributed by atoms with Crippen LogP contribution in [0, 0.1) is 17.8 Å². The van der Waals surface area contributed by atoms with E-state index in [0.29, 0.717) is 5.75 Å². The van der Waals surface area contributed by atoms with Gasteiger partial charge in [-0.1, -0.05) is 56.0 Å². The minimum Gasteiger partial charge on any atom is -0.426 e. The average Bonchev–Trinajstić information content (AvgIpc) is 2.66. The topological polar surface area (TPSA) is 26.3 Å². The van der Waals surface area contributed by atoms with Crippen LogP contribution < -0.4 is 4.74 Å². The molecule has 124 valence electrons. The second kappa shape index (κ2) is 7.68. The minimum absolute atomic E-state index is 0.0904. The molecule has 0 radical (unpaired) electrons. The van der Waals surface area contributed by atoms with E-state index in [0.717, 1.165) is 17.5 Å². The van der Waals surface area contributed by atoms with E-state index >= 15 is 0 Å². The molecule has 1 atom stereocenters. The van der Waals surface area contributed by atoms with Crippen LogP contribution in [-0.2, 0) is 4.79 Å². The highest BCUT2D eigenvalue weighted by Crippen LogP contribution is 2.16. The third-order valence-corrected chi connectivity index (χ3v) is 4.19. The maximum absolute atomic E-state index is 11.8. The third-order valence-electron chi connectivity index (χ3n) is 4.19. The van der Waals surface area contributed by atoms with Gasteiger partial charge in [-0.2, -0.15) is 0 Å². The number of hydrogen-bond donors (Lipinski definition) is 0. The Morgan fingerprint density at radius 3 is 2.28 bits per heavy atom. The molecule has 0 bridgehead atoms. The zero-order valence-electron chi connectivity index (χ0n) is 14.5. The number of carbonyl (C=O) groups excluding carboxylic acids is 1. The highest BCUT2D eigenvalue weighted by Gasteiger charge is 2.12. The van der Waals surface area contributed by atoms with Crippen LogP contribution in [0.15, 0.2) is 66.7 Å². The molecule has 0 saturated carbocycles. The standard InChI is InChI=1S/C23H20O2/c1-3-17(2)23(24)25-22-14-11-18(12-15-22)8-9-19-10-13-20-6-4-5-7-21(20)16-19/h4-7,10-17H,3H2,1-2H3. The molecule has 3 rings (SSSR count). The summed E-state index contributed by atoms with van der Waals surface area (Å²) in [4.78, 5) is 11.8. The number of hydrogen-bond acceptors (Lipinski definition) is 2. The lowest BCUT2D eigenvalue weighted by Crippen LogP contribution is -2.16. The maximum Gasteiger partial charge on any atom is 0.314 e. The first-order valence-electron chi connectivity index (χ1n) is 8.48. The second-order valence-corrected chi connectivity index (χ2v) is 6.07. The van der Waals surface area contributed by atoms with Gasteiger partial charge in [-0.05, 0) is 53.6 Å². The monoisotopic (exact) mass is 328 g/mol. The van der Waals surface area contributed by atoms with E-state index < -0.39 is 0 Å². The van der Waals surface area contributed by atoms with Crippen LogP contribution in [0.5, 0.6) is 5.75 Å². The van der Waals surface area contributed by atoms with Crippen LogP contribution >= 0.6 is 0 Å². The van der Waals surface area contributed by atoms with E-state index in [1.165, 1.54) is 10.8 Å². The summed E-state index contributed by atoms with van der Waals surface area (Å²) in [5, 5.41) is 2.39. The smallest absolute Gasteiger partial charge is 0.314 e. The van der Waals surface area contributed by atoms with Crippen molar-refractivity contribution in [3.8, 4) is 17.6 Å². The predicted octanol–water partition coefficient (Wildman–Crippen LogP) is 5.19. The van der Waals surface area contributed by atoms with Crippen LogP contribution in [-0.4, -0.2) is 5.97 Å². The van der Waals surface area contributed by atoms with Crippen molar-refractivity contribution in [2.45, 2.75) is 20.3 Å². The summed E-state index contributed by atoms with van der Waals surface area (Å²) in [6, 6.07) is 21.7. The van der Waals surface area contributed by atoms with Crippen molar-refractivity contribution in [2.24, 2.45) is 5.92 Å². The van der Waals surface area contributed by atoms with E-state index in [-0.39, 0.29) is 11.9 Å². The molecule has 0 heterocycles. The van der Waals surface area contributed by atoms with Crippen LogP contribution in [0.1, 0.15) is 31.4 Å². The van der Waals surface area contributed by atoms with Crippen LogP contribution in [0.3, 0.4) is 0 Å². The van der Waals surface area contributed by atoms with Gasteiger partial charge in [0.1, 0.15) is 5.75 Å². The Kier molecular flexibility index (Phi) is 5.16. The first-order valence-corrected chi connectivity index (χ1v) is 8.48. The van der Waals surface area contributed by atoms with E-state index in [1.54, 1.807) is 12.1 Å². The highest BCUT2D eigenvalue weighted by atomic mass is 16.5. The zero-order chi connectivity index (χ0) is 17.6. The van der Waals surface area contributed by atoms with Gasteiger partial charge in [0.15, 0.2) is 0 Å². The van der Waals surface area contributed by atoms with Gasteiger partial charge in [0.25, 0.3) is 0 Å². The Morgan fingerprint density at radius 1 is 0.920 bits per heavy atom. The Bertz CT molecular complexity index is 943. The fourth-order valence-electron chi connectivity index (χ4n) is 2.40. The van der Waals surface area contributed by atoms with Gasteiger partial charge >= 0.3 is 5.97 Å². The van der Waals surface area contributed by atoms with Crippen LogP contribution in [0.25, 0.3) is 10.8 Å². The van der Waals surface area contributed by atoms with Gasteiger partial charge in [0.05, 0.1) is 5.92 Å². The van der Waals surface area contributed by atoms with Gasteiger partial charge in [0.2, 0.25) is 0 Å². The fourth-order valence-corrected chi connectivity index (χ4v) is 2.40. The summed E-state index contributed by atoms with van der Waals surface area (Å²) in [5.74, 6) is 6.60. The predicted molar refractivity (Wildman–Crippen MR) is 101 cm³/mol. The Morgan fingerprint density at radius 2 is 1.56 bits per heavy atom. The zero-order valence-corrected chi connectivity index (χ0v) is 14.5. The summed E-state index contributed by atoms with van der Waals surface area (Å²) in [6.45, 7) is 3.84. The second-order valence-electron chi connectivity index (χ2n) is 6.07. The van der Waals surface area contributed by atoms with E-state index in [9.17, 15) is 4.79 Å². The van der Waals surface area contributed by atoms with Crippen molar-refractivity contribution in [3.63, 3.8) is 0 Å². The largest absolute Gasteiger partial charge is 0.426 e. The lowest BCUT2D eigenvalue weighted by molar-refractivity contribution is -0.138. The molecule has 0 fully saturated rings. The van der Waals surface area contributed by atoms with Crippen LogP contribution in [0.4, 0.5) is 0 Å². The summed E-state index contributed by atoms with van der Waals surface area (Å²) < 4.78 is 5.35. The number of rotatable bonds is 3. The van der Waals surface area contributed by atoms with Crippen molar-refractivity contribution in [3.05, 3.63) is 77.9 Å². The molecule has 1 unspecified atom stereocenters. The summed E-state index contributed by atoms with van der Waals surface area (Å²) in [6.07, 6.45) is 0.772. The number of fused-ring (bicyclic) bond motifs is 1. The van der Waals surface area contributed by atoms with Crippen molar-refractivity contribution < 1.29 is 9.53 Å². The van der Waals surface area contributed by atoms with E-state index in [2.05, 4.69) is 36.1 Å². The fraction of sp³-hybridized carbons (Fsp3) is 0.174. The molecule has 3 aromatic rings. The molecule has 0 spiro atoms. The average molecular weight is 328 g/mol. The number of ether oxygens (including phenoxy) is 1. The van der Waals surface area contributed by atoms with Crippen molar-refractivity contribution >= 4 is 16.7 Å². The molecular formula is C23H20O2. The molecule has 0 saturated heterocycles. The Labute approximate surface area is 148 Å². The maximum atomic E-state index is 11.8.